The molecule has 0 aliphatic carbocycles. The highest BCUT2D eigenvalue weighted by Gasteiger charge is 2.02. The molecule has 2 aromatic rings. The highest BCUT2D eigenvalue weighted by molar-refractivity contribution is 7.80. The number of hydrogen-bond acceptors (Lipinski definition) is 2. The van der Waals surface area contributed by atoms with Crippen LogP contribution in [0.5, 0.6) is 0 Å². The first-order chi connectivity index (χ1) is 9.10. The normalized spacial score (nSPS) is 10.2. The van der Waals surface area contributed by atoms with Crippen LogP contribution in [0.2, 0.25) is 0 Å². The lowest BCUT2D eigenvalue weighted by atomic mass is 10.1. The summed E-state index contributed by atoms with van der Waals surface area (Å²) in [6, 6.07) is 14.5. The summed E-state index contributed by atoms with van der Waals surface area (Å²) in [6.45, 7) is 4.17. The maximum absolute atomic E-state index is 5.66. The molecule has 0 radical (unpaired) electrons. The molecular weight excluding hydrogens is 252 g/mol. The molecule has 3 heteroatoms. The lowest BCUT2D eigenvalue weighted by Crippen LogP contribution is -2.11. The van der Waals surface area contributed by atoms with Crippen LogP contribution in [0.15, 0.2) is 42.5 Å². The van der Waals surface area contributed by atoms with Gasteiger partial charge in [0.2, 0.25) is 0 Å². The Bertz CT molecular complexity index is 588. The molecule has 0 aliphatic heterocycles. The number of nitrogens with one attached hydrogen (secondary N) is 1. The number of thiocarbonyl (C=S) groups is 1. The van der Waals surface area contributed by atoms with Gasteiger partial charge in [0.05, 0.1) is 0 Å². The average Bonchev–Trinajstić information content (AvgIpc) is 2.39. The first kappa shape index (κ1) is 13.6. The summed E-state index contributed by atoms with van der Waals surface area (Å²) in [4.78, 5) is 0.441. The fraction of sp³-hybridized carbons (Fsp3) is 0.188. The van der Waals surface area contributed by atoms with E-state index in [0.29, 0.717) is 4.99 Å². The van der Waals surface area contributed by atoms with Crippen LogP contribution in [0.3, 0.4) is 0 Å². The summed E-state index contributed by atoms with van der Waals surface area (Å²) in [5, 5.41) is 3.38. The number of hydrogen-bond donors (Lipinski definition) is 2. The Morgan fingerprint density at radius 3 is 2.26 bits per heavy atom. The van der Waals surface area contributed by atoms with Crippen LogP contribution in [0.4, 0.5) is 11.4 Å². The van der Waals surface area contributed by atoms with Crippen molar-refractivity contribution in [3.8, 4) is 0 Å². The third-order valence-electron chi connectivity index (χ3n) is 3.14. The quantitative estimate of drug-likeness (QED) is 0.827. The Labute approximate surface area is 119 Å². The maximum Gasteiger partial charge on any atom is 0.104 e. The molecule has 0 atom stereocenters. The fourth-order valence-corrected chi connectivity index (χ4v) is 2.24. The third-order valence-corrected chi connectivity index (χ3v) is 3.36. The van der Waals surface area contributed by atoms with Crippen LogP contribution in [-0.4, -0.2) is 4.99 Å². The van der Waals surface area contributed by atoms with Gasteiger partial charge in [-0.1, -0.05) is 31.3 Å². The van der Waals surface area contributed by atoms with Gasteiger partial charge in [-0.2, -0.15) is 0 Å². The van der Waals surface area contributed by atoms with Gasteiger partial charge < -0.3 is 11.1 Å². The number of rotatable bonds is 4. The molecule has 98 valence electrons. The smallest absolute Gasteiger partial charge is 0.104 e. The van der Waals surface area contributed by atoms with Crippen molar-refractivity contribution < 1.29 is 0 Å². The largest absolute Gasteiger partial charge is 0.389 e. The molecule has 0 amide bonds. The summed E-state index contributed by atoms with van der Waals surface area (Å²) in [6.07, 6.45) is 1.06. The highest BCUT2D eigenvalue weighted by Crippen LogP contribution is 2.20. The molecule has 19 heavy (non-hydrogen) atoms. The molecular formula is C16H18N2S. The zero-order valence-corrected chi connectivity index (χ0v) is 12.1. The number of nitrogens with two attached hydrogens (primary N) is 1. The van der Waals surface area contributed by atoms with Crippen LogP contribution in [0.1, 0.15) is 23.6 Å². The summed E-state index contributed by atoms with van der Waals surface area (Å²) < 4.78 is 0. The number of benzene rings is 2. The first-order valence-corrected chi connectivity index (χ1v) is 6.77. The molecule has 3 N–H and O–H groups in total. The van der Waals surface area contributed by atoms with Crippen LogP contribution in [0.25, 0.3) is 0 Å². The predicted octanol–water partition coefficient (Wildman–Crippen LogP) is 3.94. The minimum atomic E-state index is 0.441. The first-order valence-electron chi connectivity index (χ1n) is 6.36. The molecule has 0 saturated heterocycles. The Kier molecular flexibility index (Phi) is 4.17. The Morgan fingerprint density at radius 1 is 1.11 bits per heavy atom. The molecule has 0 fully saturated rings. The van der Waals surface area contributed by atoms with Crippen LogP contribution < -0.4 is 11.1 Å². The topological polar surface area (TPSA) is 38.0 Å². The zero-order valence-electron chi connectivity index (χ0n) is 11.2. The van der Waals surface area contributed by atoms with Crippen LogP contribution >= 0.6 is 12.2 Å². The van der Waals surface area contributed by atoms with Crippen molar-refractivity contribution in [2.24, 2.45) is 5.73 Å². The SMILES string of the molecule is CCc1ccc(Nc2ccc(C(N)=S)c(C)c2)cc1. The van der Waals surface area contributed by atoms with Gasteiger partial charge in [0.25, 0.3) is 0 Å². The summed E-state index contributed by atoms with van der Waals surface area (Å²) in [5.74, 6) is 0. The summed E-state index contributed by atoms with van der Waals surface area (Å²) >= 11 is 5.01. The molecule has 0 spiro atoms. The van der Waals surface area contributed by atoms with Crippen LogP contribution in [0, 0.1) is 6.92 Å². The highest BCUT2D eigenvalue weighted by atomic mass is 32.1. The van der Waals surface area contributed by atoms with E-state index < -0.39 is 0 Å². The van der Waals surface area contributed by atoms with Crippen LogP contribution in [-0.2, 0) is 6.42 Å². The van der Waals surface area contributed by atoms with Crippen molar-refractivity contribution in [1.29, 1.82) is 0 Å². The van der Waals surface area contributed by atoms with E-state index in [9.17, 15) is 0 Å². The molecule has 0 aromatic heterocycles. The molecule has 2 rings (SSSR count). The summed E-state index contributed by atoms with van der Waals surface area (Å²) in [7, 11) is 0. The van der Waals surface area contributed by atoms with E-state index in [1.165, 1.54) is 5.56 Å². The van der Waals surface area contributed by atoms with Gasteiger partial charge in [0, 0.05) is 16.9 Å². The van der Waals surface area contributed by atoms with Gasteiger partial charge in [-0.3, -0.25) is 0 Å². The Balaban J connectivity index is 2.18. The van der Waals surface area contributed by atoms with Gasteiger partial charge in [0.1, 0.15) is 4.99 Å². The van der Waals surface area contributed by atoms with Crippen molar-refractivity contribution in [1.82, 2.24) is 0 Å². The number of aryl methyl sites for hydroxylation is 2. The van der Waals surface area contributed by atoms with Gasteiger partial charge in [-0.15, -0.1) is 0 Å². The van der Waals surface area contributed by atoms with Crippen molar-refractivity contribution in [2.45, 2.75) is 20.3 Å². The second-order valence-electron chi connectivity index (χ2n) is 4.57. The van der Waals surface area contributed by atoms with Gasteiger partial charge in [0.15, 0.2) is 0 Å². The second kappa shape index (κ2) is 5.85. The number of anilines is 2. The molecule has 0 saturated carbocycles. The van der Waals surface area contributed by atoms with Gasteiger partial charge >= 0.3 is 0 Å². The van der Waals surface area contributed by atoms with Crippen molar-refractivity contribution in [2.75, 3.05) is 5.32 Å². The van der Waals surface area contributed by atoms with Gasteiger partial charge in [-0.25, -0.2) is 0 Å². The summed E-state index contributed by atoms with van der Waals surface area (Å²) in [5.41, 5.74) is 11.1. The lowest BCUT2D eigenvalue weighted by molar-refractivity contribution is 1.14. The van der Waals surface area contributed by atoms with E-state index in [2.05, 4.69) is 42.6 Å². The fourth-order valence-electron chi connectivity index (χ4n) is 2.01. The zero-order chi connectivity index (χ0) is 13.8. The minimum absolute atomic E-state index is 0.441. The van der Waals surface area contributed by atoms with E-state index in [0.717, 1.165) is 28.9 Å². The standard InChI is InChI=1S/C16H18N2S/c1-3-12-4-6-13(7-5-12)18-14-8-9-15(16(17)19)11(2)10-14/h4-10,18H,3H2,1-2H3,(H2,17,19). The third kappa shape index (κ3) is 3.32. The lowest BCUT2D eigenvalue weighted by Gasteiger charge is -2.10. The predicted molar refractivity (Wildman–Crippen MR) is 86.2 cm³/mol. The molecule has 2 aromatic carbocycles. The molecule has 2 nitrogen and oxygen atoms in total. The van der Waals surface area contributed by atoms with Gasteiger partial charge in [-0.05, 0) is 54.8 Å². The molecule has 0 aliphatic rings. The van der Waals surface area contributed by atoms with Crippen molar-refractivity contribution in [3.05, 3.63) is 59.2 Å². The van der Waals surface area contributed by atoms with Crippen molar-refractivity contribution >= 4 is 28.6 Å². The van der Waals surface area contributed by atoms with E-state index in [1.807, 2.05) is 19.1 Å². The molecule has 0 heterocycles. The van der Waals surface area contributed by atoms with E-state index >= 15 is 0 Å². The van der Waals surface area contributed by atoms with E-state index in [1.54, 1.807) is 0 Å². The average molecular weight is 270 g/mol. The molecule has 0 unspecified atom stereocenters. The Hall–Kier alpha value is -1.87. The Morgan fingerprint density at radius 2 is 1.74 bits per heavy atom. The second-order valence-corrected chi connectivity index (χ2v) is 5.01. The van der Waals surface area contributed by atoms with E-state index in [-0.39, 0.29) is 0 Å². The monoisotopic (exact) mass is 270 g/mol. The minimum Gasteiger partial charge on any atom is -0.389 e. The molecule has 0 bridgehead atoms. The van der Waals surface area contributed by atoms with E-state index in [4.69, 9.17) is 18.0 Å². The maximum atomic E-state index is 5.66. The van der Waals surface area contributed by atoms with Crippen molar-refractivity contribution in [3.63, 3.8) is 0 Å².